The van der Waals surface area contributed by atoms with Crippen LogP contribution in [0.2, 0.25) is 0 Å². The Morgan fingerprint density at radius 2 is 2.33 bits per heavy atom. The Labute approximate surface area is 90.2 Å². The second-order valence-electron chi connectivity index (χ2n) is 4.57. The molecule has 1 aliphatic carbocycles. The third kappa shape index (κ3) is 1.88. The van der Waals surface area contributed by atoms with Crippen molar-refractivity contribution in [1.82, 2.24) is 0 Å². The van der Waals surface area contributed by atoms with Gasteiger partial charge in [-0.05, 0) is 42.9 Å². The molecule has 2 heteroatoms. The minimum atomic E-state index is -0.702. The van der Waals surface area contributed by atoms with E-state index in [1.54, 1.807) is 12.1 Å². The van der Waals surface area contributed by atoms with Crippen molar-refractivity contribution in [2.24, 2.45) is 5.92 Å². The van der Waals surface area contributed by atoms with Crippen molar-refractivity contribution >= 4 is 0 Å². The molecular formula is C13H15NO. The van der Waals surface area contributed by atoms with Gasteiger partial charge in [-0.3, -0.25) is 0 Å². The van der Waals surface area contributed by atoms with E-state index in [4.69, 9.17) is 5.26 Å². The number of rotatable bonds is 1. The molecule has 2 rings (SSSR count). The van der Waals surface area contributed by atoms with Gasteiger partial charge in [0.05, 0.1) is 17.2 Å². The molecule has 1 N–H and O–H groups in total. The molecule has 2 nitrogen and oxygen atoms in total. The van der Waals surface area contributed by atoms with Crippen LogP contribution in [-0.2, 0) is 5.60 Å². The molecule has 0 aliphatic heterocycles. The van der Waals surface area contributed by atoms with Crippen LogP contribution in [0.5, 0.6) is 0 Å². The van der Waals surface area contributed by atoms with E-state index >= 15 is 0 Å². The molecule has 0 aromatic heterocycles. The summed E-state index contributed by atoms with van der Waals surface area (Å²) in [7, 11) is 0. The minimum absolute atomic E-state index is 0.570. The van der Waals surface area contributed by atoms with Crippen molar-refractivity contribution in [1.29, 1.82) is 5.26 Å². The van der Waals surface area contributed by atoms with Crippen LogP contribution in [0.25, 0.3) is 0 Å². The van der Waals surface area contributed by atoms with Crippen LogP contribution >= 0.6 is 0 Å². The average molecular weight is 201 g/mol. The Hall–Kier alpha value is -1.33. The average Bonchev–Trinajstić information content (AvgIpc) is 2.60. The second-order valence-corrected chi connectivity index (χ2v) is 4.57. The zero-order valence-corrected chi connectivity index (χ0v) is 8.90. The summed E-state index contributed by atoms with van der Waals surface area (Å²) in [6.07, 6.45) is 2.68. The summed E-state index contributed by atoms with van der Waals surface area (Å²) >= 11 is 0. The highest BCUT2D eigenvalue weighted by Crippen LogP contribution is 2.41. The Balaban J connectivity index is 2.33. The lowest BCUT2D eigenvalue weighted by Crippen LogP contribution is -2.21. The highest BCUT2D eigenvalue weighted by Gasteiger charge is 2.36. The molecule has 1 aliphatic rings. The lowest BCUT2D eigenvalue weighted by atomic mass is 9.90. The molecule has 1 aromatic carbocycles. The maximum atomic E-state index is 10.4. The van der Waals surface area contributed by atoms with Crippen molar-refractivity contribution in [2.75, 3.05) is 0 Å². The van der Waals surface area contributed by atoms with Gasteiger partial charge in [0, 0.05) is 0 Å². The highest BCUT2D eigenvalue weighted by molar-refractivity contribution is 5.36. The zero-order chi connectivity index (χ0) is 10.9. The number of hydrogen-bond acceptors (Lipinski definition) is 2. The van der Waals surface area contributed by atoms with E-state index in [0.717, 1.165) is 24.8 Å². The zero-order valence-electron chi connectivity index (χ0n) is 8.90. The largest absolute Gasteiger partial charge is 0.385 e. The molecular weight excluding hydrogens is 186 g/mol. The highest BCUT2D eigenvalue weighted by atomic mass is 16.3. The summed E-state index contributed by atoms with van der Waals surface area (Å²) in [5.74, 6) is 0.570. The standard InChI is InChI=1S/C13H15NO/c1-10-5-6-13(15,8-10)12-4-2-3-11(7-12)9-14/h2-4,7,10,15H,5-6,8H2,1H3/t10-,13-/m1/s1. The van der Waals surface area contributed by atoms with E-state index in [-0.39, 0.29) is 0 Å². The third-order valence-corrected chi connectivity index (χ3v) is 3.27. The maximum Gasteiger partial charge on any atom is 0.0991 e. The van der Waals surface area contributed by atoms with Crippen molar-refractivity contribution in [3.8, 4) is 6.07 Å². The van der Waals surface area contributed by atoms with Crippen LogP contribution in [0.3, 0.4) is 0 Å². The Kier molecular flexibility index (Phi) is 2.50. The smallest absolute Gasteiger partial charge is 0.0991 e. The van der Waals surface area contributed by atoms with E-state index in [2.05, 4.69) is 13.0 Å². The molecule has 1 saturated carbocycles. The van der Waals surface area contributed by atoms with Crippen molar-refractivity contribution in [3.05, 3.63) is 35.4 Å². The fraction of sp³-hybridized carbons (Fsp3) is 0.462. The third-order valence-electron chi connectivity index (χ3n) is 3.27. The summed E-state index contributed by atoms with van der Waals surface area (Å²) < 4.78 is 0. The van der Waals surface area contributed by atoms with Gasteiger partial charge in [0.15, 0.2) is 0 Å². The summed E-state index contributed by atoms with van der Waals surface area (Å²) in [6, 6.07) is 9.44. The van der Waals surface area contributed by atoms with Crippen LogP contribution < -0.4 is 0 Å². The number of nitrogens with zero attached hydrogens (tertiary/aromatic N) is 1. The first kappa shape index (κ1) is 10.2. The van der Waals surface area contributed by atoms with Crippen molar-refractivity contribution < 1.29 is 5.11 Å². The number of hydrogen-bond donors (Lipinski definition) is 1. The maximum absolute atomic E-state index is 10.4. The molecule has 0 unspecified atom stereocenters. The molecule has 1 aromatic rings. The molecule has 0 bridgehead atoms. The fourth-order valence-corrected chi connectivity index (χ4v) is 2.41. The van der Waals surface area contributed by atoms with Gasteiger partial charge in [0.25, 0.3) is 0 Å². The molecule has 0 spiro atoms. The monoisotopic (exact) mass is 201 g/mol. The second kappa shape index (κ2) is 3.67. The van der Waals surface area contributed by atoms with E-state index in [1.165, 1.54) is 0 Å². The molecule has 15 heavy (non-hydrogen) atoms. The fourth-order valence-electron chi connectivity index (χ4n) is 2.41. The van der Waals surface area contributed by atoms with Gasteiger partial charge in [-0.25, -0.2) is 0 Å². The quantitative estimate of drug-likeness (QED) is 0.758. The number of benzene rings is 1. The summed E-state index contributed by atoms with van der Waals surface area (Å²) in [5.41, 5.74) is 0.818. The summed E-state index contributed by atoms with van der Waals surface area (Å²) in [4.78, 5) is 0. The Morgan fingerprint density at radius 3 is 2.93 bits per heavy atom. The van der Waals surface area contributed by atoms with Crippen LogP contribution in [0.15, 0.2) is 24.3 Å². The van der Waals surface area contributed by atoms with Crippen LogP contribution in [-0.4, -0.2) is 5.11 Å². The topological polar surface area (TPSA) is 44.0 Å². The van der Waals surface area contributed by atoms with Gasteiger partial charge in [0.2, 0.25) is 0 Å². The van der Waals surface area contributed by atoms with Gasteiger partial charge in [-0.15, -0.1) is 0 Å². The van der Waals surface area contributed by atoms with Crippen molar-refractivity contribution in [2.45, 2.75) is 31.8 Å². The predicted molar refractivity (Wildman–Crippen MR) is 58.1 cm³/mol. The Morgan fingerprint density at radius 1 is 1.53 bits per heavy atom. The van der Waals surface area contributed by atoms with E-state index in [0.29, 0.717) is 11.5 Å². The van der Waals surface area contributed by atoms with Crippen LogP contribution in [0, 0.1) is 17.2 Å². The lowest BCUT2D eigenvalue weighted by molar-refractivity contribution is 0.0407. The first-order chi connectivity index (χ1) is 7.14. The van der Waals surface area contributed by atoms with Crippen LogP contribution in [0.4, 0.5) is 0 Å². The molecule has 2 atom stereocenters. The predicted octanol–water partition coefficient (Wildman–Crippen LogP) is 2.57. The van der Waals surface area contributed by atoms with Gasteiger partial charge < -0.3 is 5.11 Å². The van der Waals surface area contributed by atoms with Gasteiger partial charge in [-0.2, -0.15) is 5.26 Å². The number of aliphatic hydroxyl groups is 1. The van der Waals surface area contributed by atoms with E-state index < -0.39 is 5.60 Å². The first-order valence-electron chi connectivity index (χ1n) is 5.37. The van der Waals surface area contributed by atoms with E-state index in [1.807, 2.05) is 12.1 Å². The van der Waals surface area contributed by atoms with Gasteiger partial charge in [-0.1, -0.05) is 19.1 Å². The van der Waals surface area contributed by atoms with Crippen molar-refractivity contribution in [3.63, 3.8) is 0 Å². The summed E-state index contributed by atoms with van der Waals surface area (Å²) in [6.45, 7) is 2.16. The molecule has 0 heterocycles. The summed E-state index contributed by atoms with van der Waals surface area (Å²) in [5, 5.41) is 19.3. The van der Waals surface area contributed by atoms with Gasteiger partial charge in [0.1, 0.15) is 0 Å². The molecule has 78 valence electrons. The first-order valence-corrected chi connectivity index (χ1v) is 5.37. The molecule has 0 radical (unpaired) electrons. The Bertz CT molecular complexity index is 407. The lowest BCUT2D eigenvalue weighted by Gasteiger charge is -2.23. The molecule has 0 amide bonds. The number of nitriles is 1. The SMILES string of the molecule is C[C@@H]1CC[C@](O)(c2cccc(C#N)c2)C1. The van der Waals surface area contributed by atoms with E-state index in [9.17, 15) is 5.11 Å². The molecule has 0 saturated heterocycles. The van der Waals surface area contributed by atoms with Gasteiger partial charge >= 0.3 is 0 Å². The molecule has 1 fully saturated rings. The normalized spacial score (nSPS) is 30.1. The van der Waals surface area contributed by atoms with Crippen LogP contribution in [0.1, 0.15) is 37.3 Å². The minimum Gasteiger partial charge on any atom is -0.385 e.